The second-order valence-electron chi connectivity index (χ2n) is 7.66. The fourth-order valence-electron chi connectivity index (χ4n) is 3.73. The van der Waals surface area contributed by atoms with Crippen molar-refractivity contribution in [3.05, 3.63) is 47.5 Å². The molecule has 4 rings (SSSR count). The first-order valence-electron chi connectivity index (χ1n) is 9.71. The van der Waals surface area contributed by atoms with Crippen LogP contribution in [0.2, 0.25) is 0 Å². The van der Waals surface area contributed by atoms with Crippen molar-refractivity contribution in [2.24, 2.45) is 0 Å². The van der Waals surface area contributed by atoms with Gasteiger partial charge in [-0.2, -0.15) is 0 Å². The maximum atomic E-state index is 12.5. The summed E-state index contributed by atoms with van der Waals surface area (Å²) in [6.07, 6.45) is -7.72. The zero-order valence-corrected chi connectivity index (χ0v) is 16.5. The van der Waals surface area contributed by atoms with E-state index in [2.05, 4.69) is 0 Å². The average Bonchev–Trinajstić information content (AvgIpc) is 2.73. The number of aliphatic hydroxyl groups excluding tert-OH is 4. The van der Waals surface area contributed by atoms with Gasteiger partial charge < -0.3 is 50.0 Å². The van der Waals surface area contributed by atoms with Crippen LogP contribution in [0.25, 0.3) is 0 Å². The molecule has 11 heteroatoms. The topological polar surface area (TPSA) is 186 Å². The van der Waals surface area contributed by atoms with Gasteiger partial charge in [0.2, 0.25) is 12.1 Å². The summed E-state index contributed by atoms with van der Waals surface area (Å²) in [5, 5.41) is 69.5. The Labute approximate surface area is 181 Å². The maximum Gasteiger partial charge on any atom is 0.242 e. The lowest BCUT2D eigenvalue weighted by Crippen LogP contribution is -2.60. The highest BCUT2D eigenvalue weighted by Gasteiger charge is 2.45. The van der Waals surface area contributed by atoms with Crippen molar-refractivity contribution in [2.45, 2.75) is 42.9 Å². The Balaban J connectivity index is 1.53. The predicted octanol–water partition coefficient (Wildman–Crippen LogP) is -0.913. The molecule has 1 unspecified atom stereocenters. The van der Waals surface area contributed by atoms with Crippen LogP contribution in [0, 0.1) is 0 Å². The largest absolute Gasteiger partial charge is 0.508 e. The van der Waals surface area contributed by atoms with E-state index in [4.69, 9.17) is 14.2 Å². The van der Waals surface area contributed by atoms with E-state index in [1.807, 2.05) is 0 Å². The molecule has 2 aromatic rings. The fourth-order valence-corrected chi connectivity index (χ4v) is 3.73. The van der Waals surface area contributed by atoms with Crippen LogP contribution in [0.15, 0.2) is 36.4 Å². The third-order valence-corrected chi connectivity index (χ3v) is 5.43. The Kier molecular flexibility index (Phi) is 5.71. The smallest absolute Gasteiger partial charge is 0.242 e. The van der Waals surface area contributed by atoms with Crippen LogP contribution in [0.5, 0.6) is 23.0 Å². The Bertz CT molecular complexity index is 1010. The zero-order chi connectivity index (χ0) is 23.2. The lowest BCUT2D eigenvalue weighted by atomic mass is 9.92. The lowest BCUT2D eigenvalue weighted by Gasteiger charge is -2.39. The van der Waals surface area contributed by atoms with E-state index in [1.165, 1.54) is 24.3 Å². The third kappa shape index (κ3) is 3.86. The van der Waals surface area contributed by atoms with Crippen molar-refractivity contribution in [1.29, 1.82) is 0 Å². The van der Waals surface area contributed by atoms with E-state index in [9.17, 15) is 40.5 Å². The molecule has 2 aromatic carbocycles. The highest BCUT2D eigenvalue weighted by molar-refractivity contribution is 6.03. The van der Waals surface area contributed by atoms with Crippen molar-refractivity contribution in [2.75, 3.05) is 6.61 Å². The number of ether oxygens (including phenoxy) is 3. The number of Topliss-reactive ketones (excluding diaryl/α,β-unsaturated/α-hetero) is 1. The minimum atomic E-state index is -2.08. The number of benzene rings is 2. The summed E-state index contributed by atoms with van der Waals surface area (Å²) in [5.41, 5.74) is 0.0236. The predicted molar refractivity (Wildman–Crippen MR) is 104 cm³/mol. The van der Waals surface area contributed by atoms with Crippen molar-refractivity contribution < 1.29 is 54.8 Å². The average molecular weight is 450 g/mol. The van der Waals surface area contributed by atoms with Crippen molar-refractivity contribution >= 4 is 5.78 Å². The quantitative estimate of drug-likeness (QED) is 0.306. The summed E-state index contributed by atoms with van der Waals surface area (Å²) in [7, 11) is 0. The second kappa shape index (κ2) is 8.20. The molecule has 0 bridgehead atoms. The molecule has 11 nitrogen and oxygen atoms in total. The fraction of sp³-hybridized carbons (Fsp3) is 0.381. The number of aromatic hydroxyl groups is 2. The highest BCUT2D eigenvalue weighted by Crippen LogP contribution is 2.43. The van der Waals surface area contributed by atoms with Gasteiger partial charge in [0.25, 0.3) is 0 Å². The SMILES string of the molecule is O=C1CC(O)(c2ccc(O[C@@H]3O[C@H](CO)[C@@H](O)[C@H](O)[C@H]3O)cc2)Oc2cc(O)cc(O)c21. The molecule has 172 valence electrons. The van der Waals surface area contributed by atoms with Gasteiger partial charge in [0, 0.05) is 17.7 Å². The second-order valence-corrected chi connectivity index (χ2v) is 7.66. The Morgan fingerprint density at radius 1 is 1.03 bits per heavy atom. The molecule has 32 heavy (non-hydrogen) atoms. The molecule has 1 saturated heterocycles. The number of rotatable bonds is 4. The number of phenolic OH excluding ortho intramolecular Hbond substituents is 2. The number of hydrogen-bond donors (Lipinski definition) is 7. The molecule has 0 radical (unpaired) electrons. The molecule has 0 aliphatic carbocycles. The van der Waals surface area contributed by atoms with Gasteiger partial charge in [0.15, 0.2) is 5.78 Å². The van der Waals surface area contributed by atoms with Gasteiger partial charge in [0.05, 0.1) is 13.0 Å². The summed E-state index contributed by atoms with van der Waals surface area (Å²) in [4.78, 5) is 12.5. The molecule has 0 saturated carbocycles. The summed E-state index contributed by atoms with van der Waals surface area (Å²) < 4.78 is 16.3. The number of aliphatic hydroxyl groups is 5. The Hall–Kier alpha value is -2.93. The normalized spacial score (nSPS) is 32.2. The van der Waals surface area contributed by atoms with Gasteiger partial charge in [-0.05, 0) is 24.3 Å². The molecule has 6 atom stereocenters. The van der Waals surface area contributed by atoms with Crippen LogP contribution in [0.1, 0.15) is 22.3 Å². The molecule has 0 amide bonds. The molecular weight excluding hydrogens is 428 g/mol. The van der Waals surface area contributed by atoms with E-state index in [1.54, 1.807) is 0 Å². The molecular formula is C21H22O11. The number of ketones is 1. The monoisotopic (exact) mass is 450 g/mol. The molecule has 1 fully saturated rings. The van der Waals surface area contributed by atoms with Gasteiger partial charge >= 0.3 is 0 Å². The van der Waals surface area contributed by atoms with E-state index in [0.29, 0.717) is 0 Å². The molecule has 0 spiro atoms. The van der Waals surface area contributed by atoms with Gasteiger partial charge in [-0.3, -0.25) is 4.79 Å². The highest BCUT2D eigenvalue weighted by atomic mass is 16.7. The first-order valence-corrected chi connectivity index (χ1v) is 9.71. The van der Waals surface area contributed by atoms with E-state index < -0.39 is 61.1 Å². The molecule has 2 aliphatic rings. The molecule has 2 heterocycles. The Morgan fingerprint density at radius 2 is 1.72 bits per heavy atom. The third-order valence-electron chi connectivity index (χ3n) is 5.43. The van der Waals surface area contributed by atoms with E-state index in [-0.39, 0.29) is 28.4 Å². The van der Waals surface area contributed by atoms with Crippen molar-refractivity contribution in [1.82, 2.24) is 0 Å². The molecule has 2 aliphatic heterocycles. The maximum absolute atomic E-state index is 12.5. The lowest BCUT2D eigenvalue weighted by molar-refractivity contribution is -0.277. The summed E-state index contributed by atoms with van der Waals surface area (Å²) in [5.74, 6) is -3.50. The van der Waals surface area contributed by atoms with Crippen LogP contribution >= 0.6 is 0 Å². The van der Waals surface area contributed by atoms with E-state index >= 15 is 0 Å². The Morgan fingerprint density at radius 3 is 2.38 bits per heavy atom. The number of fused-ring (bicyclic) bond motifs is 1. The number of phenols is 2. The van der Waals surface area contributed by atoms with Gasteiger partial charge in [-0.15, -0.1) is 0 Å². The van der Waals surface area contributed by atoms with Crippen molar-refractivity contribution in [3.63, 3.8) is 0 Å². The summed E-state index contributed by atoms with van der Waals surface area (Å²) in [6, 6.07) is 7.65. The molecule has 0 aromatic heterocycles. The zero-order valence-electron chi connectivity index (χ0n) is 16.5. The van der Waals surface area contributed by atoms with Crippen LogP contribution in [0.4, 0.5) is 0 Å². The standard InChI is InChI=1S/C21H22O11/c22-8-15-17(26)18(27)19(28)20(31-15)30-11-3-1-9(2-4-11)21(29)7-13(25)16-12(24)5-10(23)6-14(16)32-21/h1-6,15,17-20,22-24,26-29H,7-8H2/t15-,17-,18+,19-,20-,21?/m1/s1. The number of hydrogen-bond acceptors (Lipinski definition) is 11. The number of carbonyl (C=O) groups is 1. The van der Waals surface area contributed by atoms with Gasteiger partial charge in [0.1, 0.15) is 53.0 Å². The van der Waals surface area contributed by atoms with E-state index in [0.717, 1.165) is 12.1 Å². The number of carbonyl (C=O) groups excluding carboxylic acids is 1. The summed E-state index contributed by atoms with van der Waals surface area (Å²) in [6.45, 7) is -0.602. The van der Waals surface area contributed by atoms with Crippen LogP contribution in [-0.4, -0.2) is 78.8 Å². The molecule has 7 N–H and O–H groups in total. The minimum absolute atomic E-state index is 0.143. The summed E-state index contributed by atoms with van der Waals surface area (Å²) >= 11 is 0. The van der Waals surface area contributed by atoms with Crippen LogP contribution in [0.3, 0.4) is 0 Å². The minimum Gasteiger partial charge on any atom is -0.508 e. The van der Waals surface area contributed by atoms with Gasteiger partial charge in [-0.25, -0.2) is 0 Å². The van der Waals surface area contributed by atoms with Gasteiger partial charge in [-0.1, -0.05) is 0 Å². The van der Waals surface area contributed by atoms with Crippen LogP contribution < -0.4 is 9.47 Å². The first kappa shape index (κ1) is 22.3. The van der Waals surface area contributed by atoms with Crippen LogP contribution in [-0.2, 0) is 10.5 Å². The van der Waals surface area contributed by atoms with Crippen molar-refractivity contribution in [3.8, 4) is 23.0 Å². The first-order chi connectivity index (χ1) is 15.1.